The van der Waals surface area contributed by atoms with Gasteiger partial charge in [0, 0.05) is 27.7 Å². The molecule has 7 rings (SSSR count). The van der Waals surface area contributed by atoms with E-state index >= 15 is 0 Å². The summed E-state index contributed by atoms with van der Waals surface area (Å²) in [7, 11) is 0. The Kier molecular flexibility index (Phi) is 5.78. The van der Waals surface area contributed by atoms with Crippen LogP contribution in [0.5, 0.6) is 0 Å². The maximum absolute atomic E-state index is 5.18. The molecule has 3 aromatic heterocycles. The van der Waals surface area contributed by atoms with Crippen LogP contribution in [0.25, 0.3) is 59.8 Å². The average Bonchev–Trinajstić information content (AvgIpc) is 3.20. The smallest absolute Gasteiger partial charge is 0.0823 e. The number of aromatic nitrogens is 2. The van der Waals surface area contributed by atoms with Crippen molar-refractivity contribution in [3.63, 3.8) is 0 Å². The van der Waals surface area contributed by atoms with E-state index in [1.54, 1.807) is 0 Å². The van der Waals surface area contributed by atoms with Crippen LogP contribution in [0, 0.1) is 16.2 Å². The van der Waals surface area contributed by atoms with Crippen LogP contribution in [-0.4, -0.2) is 9.38 Å². The van der Waals surface area contributed by atoms with E-state index in [9.17, 15) is 0 Å². The number of hydrogen-bond donors (Lipinski definition) is 0. The van der Waals surface area contributed by atoms with Crippen molar-refractivity contribution in [1.29, 1.82) is 0 Å². The molecule has 42 heavy (non-hydrogen) atoms. The highest BCUT2D eigenvalue weighted by molar-refractivity contribution is 6.29. The molecule has 2 nitrogen and oxygen atoms in total. The number of rotatable bonds is 3. The van der Waals surface area contributed by atoms with Crippen molar-refractivity contribution in [2.45, 2.75) is 81.6 Å². The second-order valence-corrected chi connectivity index (χ2v) is 16.4. The zero-order valence-corrected chi connectivity index (χ0v) is 26.9. The third-order valence-electron chi connectivity index (χ3n) is 8.69. The Bertz CT molecular complexity index is 2150. The van der Waals surface area contributed by atoms with Crippen LogP contribution in [0.4, 0.5) is 0 Å². The van der Waals surface area contributed by atoms with Gasteiger partial charge in [-0.25, -0.2) is 0 Å². The molecule has 2 heteroatoms. The molecule has 0 bridgehead atoms. The number of hydrogen-bond acceptors (Lipinski definition) is 1. The summed E-state index contributed by atoms with van der Waals surface area (Å²) in [5, 5.41) is 9.29. The highest BCUT2D eigenvalue weighted by atomic mass is 14.9. The minimum atomic E-state index is 0.129. The molecule has 0 saturated carbocycles. The molecule has 0 aliphatic carbocycles. The summed E-state index contributed by atoms with van der Waals surface area (Å²) in [4.78, 5) is 5.18. The molecule has 0 aliphatic heterocycles. The van der Waals surface area contributed by atoms with Crippen molar-refractivity contribution < 1.29 is 0 Å². The molecular weight excluding hydrogens is 508 g/mol. The lowest BCUT2D eigenvalue weighted by atomic mass is 9.82. The highest BCUT2D eigenvalue weighted by Crippen LogP contribution is 2.45. The van der Waals surface area contributed by atoms with Gasteiger partial charge in [-0.15, -0.1) is 0 Å². The molecule has 7 aromatic rings. The van der Waals surface area contributed by atoms with Crippen molar-refractivity contribution in [3.05, 3.63) is 83.6 Å². The Hall–Kier alpha value is -3.65. The topological polar surface area (TPSA) is 17.3 Å². The zero-order valence-electron chi connectivity index (χ0n) is 26.9. The Morgan fingerprint density at radius 1 is 0.595 bits per heavy atom. The molecule has 3 heterocycles. The summed E-state index contributed by atoms with van der Waals surface area (Å²) in [6.45, 7) is 21.1. The van der Waals surface area contributed by atoms with Crippen LogP contribution in [0.1, 0.15) is 79.0 Å². The summed E-state index contributed by atoms with van der Waals surface area (Å²) in [5.41, 5.74) is 9.87. The quantitative estimate of drug-likeness (QED) is 0.157. The van der Waals surface area contributed by atoms with E-state index in [0.29, 0.717) is 0 Å². The fourth-order valence-corrected chi connectivity index (χ4v) is 7.42. The van der Waals surface area contributed by atoms with Crippen LogP contribution >= 0.6 is 0 Å². The summed E-state index contributed by atoms with van der Waals surface area (Å²) in [6, 6.07) is 23.4. The van der Waals surface area contributed by atoms with Gasteiger partial charge in [-0.2, -0.15) is 0 Å². The van der Waals surface area contributed by atoms with Crippen molar-refractivity contribution in [2.24, 2.45) is 16.2 Å². The van der Waals surface area contributed by atoms with E-state index in [1.165, 1.54) is 70.9 Å². The third kappa shape index (κ3) is 4.42. The lowest BCUT2D eigenvalue weighted by Crippen LogP contribution is -2.12. The first-order chi connectivity index (χ1) is 19.7. The first kappa shape index (κ1) is 27.2. The molecule has 0 unspecified atom stereocenters. The van der Waals surface area contributed by atoms with Crippen LogP contribution in [0.15, 0.2) is 66.9 Å². The van der Waals surface area contributed by atoms with Crippen LogP contribution in [0.2, 0.25) is 0 Å². The number of para-hydroxylation sites is 1. The standard InChI is InChI=1S/C40H44N2/c1-38(2,3)21-24-14-15-27-25(18-24)19-31-35-34-28(16-17-41-35)26(22-39(4,5)6)20-30-29-12-10-11-13-33(29)42(37(30)34)36(31)32(27)23-40(7,8)9/h10-20H,21-23H2,1-9H3. The Morgan fingerprint density at radius 3 is 2.02 bits per heavy atom. The zero-order chi connectivity index (χ0) is 29.8. The Balaban J connectivity index is 1.74. The second-order valence-electron chi connectivity index (χ2n) is 16.4. The molecule has 0 aliphatic rings. The minimum Gasteiger partial charge on any atom is -0.308 e. The largest absolute Gasteiger partial charge is 0.308 e. The van der Waals surface area contributed by atoms with Gasteiger partial charge in [0.15, 0.2) is 0 Å². The lowest BCUT2D eigenvalue weighted by Gasteiger charge is -2.25. The molecule has 0 amide bonds. The number of benzene rings is 4. The van der Waals surface area contributed by atoms with Crippen LogP contribution < -0.4 is 0 Å². The van der Waals surface area contributed by atoms with E-state index in [1.807, 2.05) is 6.20 Å². The van der Waals surface area contributed by atoms with Gasteiger partial charge in [-0.3, -0.25) is 4.98 Å². The third-order valence-corrected chi connectivity index (χ3v) is 8.69. The van der Waals surface area contributed by atoms with Gasteiger partial charge >= 0.3 is 0 Å². The average molecular weight is 553 g/mol. The number of pyridine rings is 2. The van der Waals surface area contributed by atoms with Crippen molar-refractivity contribution >= 4 is 59.8 Å². The summed E-state index contributed by atoms with van der Waals surface area (Å²) < 4.78 is 2.60. The molecule has 0 radical (unpaired) electrons. The summed E-state index contributed by atoms with van der Waals surface area (Å²) in [5.74, 6) is 0. The van der Waals surface area contributed by atoms with Gasteiger partial charge in [0.1, 0.15) is 0 Å². The van der Waals surface area contributed by atoms with E-state index in [2.05, 4.69) is 127 Å². The molecule has 0 atom stereocenters. The Morgan fingerprint density at radius 2 is 1.31 bits per heavy atom. The second kappa shape index (κ2) is 8.93. The monoisotopic (exact) mass is 552 g/mol. The first-order valence-electron chi connectivity index (χ1n) is 15.6. The van der Waals surface area contributed by atoms with E-state index in [-0.39, 0.29) is 16.2 Å². The maximum atomic E-state index is 5.18. The van der Waals surface area contributed by atoms with Gasteiger partial charge in [0.05, 0.1) is 22.1 Å². The molecule has 214 valence electrons. The van der Waals surface area contributed by atoms with E-state index < -0.39 is 0 Å². The summed E-state index contributed by atoms with van der Waals surface area (Å²) in [6.07, 6.45) is 5.12. The molecule has 4 aromatic carbocycles. The first-order valence-corrected chi connectivity index (χ1v) is 15.6. The Labute approximate surface area is 250 Å². The molecule has 0 N–H and O–H groups in total. The summed E-state index contributed by atoms with van der Waals surface area (Å²) >= 11 is 0. The normalized spacial score (nSPS) is 13.6. The predicted molar refractivity (Wildman–Crippen MR) is 183 cm³/mol. The maximum Gasteiger partial charge on any atom is 0.0823 e. The van der Waals surface area contributed by atoms with Gasteiger partial charge in [-0.05, 0) is 92.6 Å². The van der Waals surface area contributed by atoms with Gasteiger partial charge in [0.25, 0.3) is 0 Å². The van der Waals surface area contributed by atoms with E-state index in [4.69, 9.17) is 4.98 Å². The fourth-order valence-electron chi connectivity index (χ4n) is 7.42. The van der Waals surface area contributed by atoms with Crippen molar-refractivity contribution in [3.8, 4) is 0 Å². The number of fused-ring (bicyclic) bond motifs is 7. The molecule has 0 fully saturated rings. The molecule has 0 spiro atoms. The van der Waals surface area contributed by atoms with E-state index in [0.717, 1.165) is 24.8 Å². The minimum absolute atomic E-state index is 0.129. The predicted octanol–water partition coefficient (Wildman–Crippen LogP) is 11.3. The van der Waals surface area contributed by atoms with Gasteiger partial charge < -0.3 is 4.40 Å². The fraction of sp³-hybridized carbons (Fsp3) is 0.375. The van der Waals surface area contributed by atoms with Crippen LogP contribution in [-0.2, 0) is 19.3 Å². The van der Waals surface area contributed by atoms with Gasteiger partial charge in [-0.1, -0.05) is 98.7 Å². The van der Waals surface area contributed by atoms with Gasteiger partial charge in [0.2, 0.25) is 0 Å². The van der Waals surface area contributed by atoms with Crippen LogP contribution in [0.3, 0.4) is 0 Å². The van der Waals surface area contributed by atoms with Crippen molar-refractivity contribution in [1.82, 2.24) is 9.38 Å². The highest BCUT2D eigenvalue weighted by Gasteiger charge is 2.26. The van der Waals surface area contributed by atoms with Crippen molar-refractivity contribution in [2.75, 3.05) is 0 Å². The molecular formula is C40H44N2. The molecule has 0 saturated heterocycles. The number of nitrogens with zero attached hydrogens (tertiary/aromatic N) is 2. The SMILES string of the molecule is CC(C)(C)Cc1ccc2c(CC(C)(C)C)c3c(cc2c1)c1nccc2c(CC(C)(C)C)cc4c5ccccc5n3c4c21. The lowest BCUT2D eigenvalue weighted by molar-refractivity contribution is 0.411.